The number of carbonyl (C=O) groups is 7. The standard InChI is InChI=1S/C23H29N7O9/c24-12(5-10-9-27-13-4-2-1-3-11(10)13)20(35)28-14(6-17(25)31)21(36)29-15(8-19(33)34)22(37)30-16(23(38)39)7-18(26)32/h1-4,9,12,14-16,27H,5-8,24H2,(H2,25,31)(H2,26,32)(H,28,35)(H,29,36)(H,30,37)(H,33,34)(H,38,39). The van der Waals surface area contributed by atoms with Gasteiger partial charge in [0, 0.05) is 17.1 Å². The van der Waals surface area contributed by atoms with E-state index in [0.29, 0.717) is 5.56 Å². The summed E-state index contributed by atoms with van der Waals surface area (Å²) >= 11 is 0. The number of para-hydroxylation sites is 1. The number of nitrogens with two attached hydrogens (primary N) is 3. The Morgan fingerprint density at radius 1 is 0.769 bits per heavy atom. The van der Waals surface area contributed by atoms with Gasteiger partial charge in [0.25, 0.3) is 0 Å². The molecule has 2 aromatic rings. The van der Waals surface area contributed by atoms with Crippen LogP contribution in [0.5, 0.6) is 0 Å². The van der Waals surface area contributed by atoms with Crippen molar-refractivity contribution in [1.82, 2.24) is 20.9 Å². The molecule has 0 fully saturated rings. The number of aromatic nitrogens is 1. The first kappa shape index (κ1) is 30.2. The van der Waals surface area contributed by atoms with E-state index in [9.17, 15) is 33.6 Å². The zero-order valence-electron chi connectivity index (χ0n) is 20.5. The number of carbonyl (C=O) groups excluding carboxylic acids is 5. The summed E-state index contributed by atoms with van der Waals surface area (Å²) in [5, 5.41) is 25.4. The largest absolute Gasteiger partial charge is 0.481 e. The number of rotatable bonds is 15. The van der Waals surface area contributed by atoms with E-state index in [0.717, 1.165) is 10.9 Å². The maximum absolute atomic E-state index is 12.9. The Morgan fingerprint density at radius 3 is 1.85 bits per heavy atom. The number of aromatic amines is 1. The third kappa shape index (κ3) is 9.12. The molecule has 16 nitrogen and oxygen atoms in total. The predicted molar refractivity (Wildman–Crippen MR) is 133 cm³/mol. The summed E-state index contributed by atoms with van der Waals surface area (Å²) in [5.41, 5.74) is 17.7. The predicted octanol–water partition coefficient (Wildman–Crippen LogP) is -3.20. The normalized spacial score (nSPS) is 13.9. The van der Waals surface area contributed by atoms with Crippen molar-refractivity contribution in [2.45, 2.75) is 49.9 Å². The molecular weight excluding hydrogens is 518 g/mol. The Bertz CT molecular complexity index is 1280. The van der Waals surface area contributed by atoms with E-state index in [2.05, 4.69) is 15.6 Å². The van der Waals surface area contributed by atoms with Crippen LogP contribution in [-0.2, 0) is 40.0 Å². The van der Waals surface area contributed by atoms with Gasteiger partial charge in [-0.15, -0.1) is 0 Å². The van der Waals surface area contributed by atoms with E-state index in [1.807, 2.05) is 23.5 Å². The van der Waals surface area contributed by atoms with E-state index in [1.54, 1.807) is 12.3 Å². The molecule has 0 spiro atoms. The monoisotopic (exact) mass is 547 g/mol. The number of amides is 5. The maximum Gasteiger partial charge on any atom is 0.326 e. The van der Waals surface area contributed by atoms with Crippen LogP contribution in [0, 0.1) is 0 Å². The number of carboxylic acid groups (broad SMARTS) is 2. The summed E-state index contributed by atoms with van der Waals surface area (Å²) in [4.78, 5) is 86.5. The molecule has 39 heavy (non-hydrogen) atoms. The zero-order chi connectivity index (χ0) is 29.3. The first-order valence-corrected chi connectivity index (χ1v) is 11.5. The van der Waals surface area contributed by atoms with Crippen molar-refractivity contribution in [3.05, 3.63) is 36.0 Å². The Labute approximate surface area is 220 Å². The molecule has 0 aliphatic carbocycles. The number of nitrogens with one attached hydrogen (secondary N) is 4. The molecule has 4 unspecified atom stereocenters. The van der Waals surface area contributed by atoms with Gasteiger partial charge in [0.05, 0.1) is 25.3 Å². The number of aliphatic carboxylic acids is 2. The highest BCUT2D eigenvalue weighted by molar-refractivity contribution is 5.98. The van der Waals surface area contributed by atoms with Crippen LogP contribution in [0.1, 0.15) is 24.8 Å². The molecule has 0 aliphatic heterocycles. The molecule has 0 saturated carbocycles. The van der Waals surface area contributed by atoms with Crippen LogP contribution in [0.15, 0.2) is 30.5 Å². The van der Waals surface area contributed by atoms with E-state index >= 15 is 0 Å². The first-order valence-electron chi connectivity index (χ1n) is 11.5. The van der Waals surface area contributed by atoms with Gasteiger partial charge in [-0.05, 0) is 18.1 Å². The highest BCUT2D eigenvalue weighted by Crippen LogP contribution is 2.18. The molecule has 5 amide bonds. The van der Waals surface area contributed by atoms with Crippen LogP contribution in [-0.4, -0.2) is 80.8 Å². The third-order valence-corrected chi connectivity index (χ3v) is 5.52. The molecule has 1 aromatic heterocycles. The fourth-order valence-corrected chi connectivity index (χ4v) is 3.65. The molecule has 4 atom stereocenters. The number of hydrogen-bond donors (Lipinski definition) is 9. The van der Waals surface area contributed by atoms with E-state index in [4.69, 9.17) is 27.4 Å². The van der Waals surface area contributed by atoms with Crippen molar-refractivity contribution in [2.75, 3.05) is 0 Å². The average molecular weight is 548 g/mol. The van der Waals surface area contributed by atoms with Crippen molar-refractivity contribution in [3.8, 4) is 0 Å². The minimum absolute atomic E-state index is 0.0568. The van der Waals surface area contributed by atoms with Crippen molar-refractivity contribution >= 4 is 52.4 Å². The molecule has 1 aromatic carbocycles. The number of carboxylic acids is 2. The highest BCUT2D eigenvalue weighted by Gasteiger charge is 2.32. The molecule has 0 radical (unpaired) electrons. The topological polar surface area (TPSA) is 290 Å². The summed E-state index contributed by atoms with van der Waals surface area (Å²) < 4.78 is 0. The molecular formula is C23H29N7O9. The second-order valence-electron chi connectivity index (χ2n) is 8.63. The minimum Gasteiger partial charge on any atom is -0.481 e. The molecule has 1 heterocycles. The number of benzene rings is 1. The second kappa shape index (κ2) is 13.5. The summed E-state index contributed by atoms with van der Waals surface area (Å²) in [6, 6.07) is 0.803. The van der Waals surface area contributed by atoms with Crippen LogP contribution < -0.4 is 33.2 Å². The number of H-pyrrole nitrogens is 1. The van der Waals surface area contributed by atoms with Gasteiger partial charge in [-0.2, -0.15) is 0 Å². The SMILES string of the molecule is NC(=O)CC(NC(=O)C(CC(=O)O)NC(=O)C(CC(N)=O)NC(=O)C(N)Cc1c[nH]c2ccccc12)C(=O)O. The summed E-state index contributed by atoms with van der Waals surface area (Å²) in [6.07, 6.45) is -0.802. The lowest BCUT2D eigenvalue weighted by Gasteiger charge is -2.24. The first-order chi connectivity index (χ1) is 18.3. The Morgan fingerprint density at radius 2 is 1.28 bits per heavy atom. The lowest BCUT2D eigenvalue weighted by Crippen LogP contribution is -2.58. The molecule has 12 N–H and O–H groups in total. The van der Waals surface area contributed by atoms with Crippen molar-refractivity contribution in [3.63, 3.8) is 0 Å². The van der Waals surface area contributed by atoms with Gasteiger partial charge in [-0.3, -0.25) is 28.8 Å². The van der Waals surface area contributed by atoms with Gasteiger partial charge in [-0.25, -0.2) is 4.79 Å². The third-order valence-electron chi connectivity index (χ3n) is 5.52. The second-order valence-corrected chi connectivity index (χ2v) is 8.63. The number of hydrogen-bond acceptors (Lipinski definition) is 8. The van der Waals surface area contributed by atoms with Crippen LogP contribution in [0.3, 0.4) is 0 Å². The number of primary amides is 2. The molecule has 16 heteroatoms. The van der Waals surface area contributed by atoms with Gasteiger partial charge in [0.2, 0.25) is 29.5 Å². The molecule has 0 aliphatic rings. The summed E-state index contributed by atoms with van der Waals surface area (Å²) in [5.74, 6) is -8.52. The van der Waals surface area contributed by atoms with Crippen molar-refractivity contribution < 1.29 is 43.8 Å². The van der Waals surface area contributed by atoms with E-state index < -0.39 is 84.9 Å². The highest BCUT2D eigenvalue weighted by atomic mass is 16.4. The van der Waals surface area contributed by atoms with Crippen LogP contribution in [0.2, 0.25) is 0 Å². The Kier molecular flexibility index (Phi) is 10.5. The van der Waals surface area contributed by atoms with Crippen LogP contribution >= 0.6 is 0 Å². The molecule has 210 valence electrons. The maximum atomic E-state index is 12.9. The minimum atomic E-state index is -1.85. The van der Waals surface area contributed by atoms with Gasteiger partial charge in [-0.1, -0.05) is 18.2 Å². The summed E-state index contributed by atoms with van der Waals surface area (Å²) in [7, 11) is 0. The van der Waals surface area contributed by atoms with Gasteiger partial charge in [0.15, 0.2) is 0 Å². The van der Waals surface area contributed by atoms with E-state index in [1.165, 1.54) is 0 Å². The molecule has 0 bridgehead atoms. The Hall–Kier alpha value is -4.99. The Balaban J connectivity index is 2.15. The average Bonchev–Trinajstić information content (AvgIpc) is 3.24. The summed E-state index contributed by atoms with van der Waals surface area (Å²) in [6.45, 7) is 0. The van der Waals surface area contributed by atoms with Gasteiger partial charge in [0.1, 0.15) is 18.1 Å². The van der Waals surface area contributed by atoms with Gasteiger partial charge >= 0.3 is 11.9 Å². The number of fused-ring (bicyclic) bond motifs is 1. The zero-order valence-corrected chi connectivity index (χ0v) is 20.5. The molecule has 2 rings (SSSR count). The van der Waals surface area contributed by atoms with Crippen LogP contribution in [0.4, 0.5) is 0 Å². The lowest BCUT2D eigenvalue weighted by molar-refractivity contribution is -0.145. The van der Waals surface area contributed by atoms with Crippen LogP contribution in [0.25, 0.3) is 10.9 Å². The fourth-order valence-electron chi connectivity index (χ4n) is 3.65. The molecule has 0 saturated heterocycles. The fraction of sp³-hybridized carbons (Fsp3) is 0.348. The smallest absolute Gasteiger partial charge is 0.326 e. The van der Waals surface area contributed by atoms with Crippen molar-refractivity contribution in [2.24, 2.45) is 17.2 Å². The van der Waals surface area contributed by atoms with Crippen molar-refractivity contribution in [1.29, 1.82) is 0 Å². The quantitative estimate of drug-likeness (QED) is 0.108. The van der Waals surface area contributed by atoms with E-state index in [-0.39, 0.29) is 6.42 Å². The lowest BCUT2D eigenvalue weighted by atomic mass is 10.0. The van der Waals surface area contributed by atoms with Gasteiger partial charge < -0.3 is 48.3 Å².